The van der Waals surface area contributed by atoms with Gasteiger partial charge in [-0.15, -0.1) is 0 Å². The Hall–Kier alpha value is -0.930. The average molecular weight is 342 g/mol. The van der Waals surface area contributed by atoms with Crippen LogP contribution in [0.2, 0.25) is 0 Å². The van der Waals surface area contributed by atoms with Crippen LogP contribution in [0.4, 0.5) is 13.2 Å². The van der Waals surface area contributed by atoms with E-state index in [-0.39, 0.29) is 0 Å². The van der Waals surface area contributed by atoms with Gasteiger partial charge in [-0.25, -0.2) is 4.79 Å². The molecule has 0 atom stereocenters. The number of pyridine rings is 1. The first kappa shape index (κ1) is 20.1. The van der Waals surface area contributed by atoms with Gasteiger partial charge in [-0.05, 0) is 11.6 Å². The fraction of sp³-hybridized carbons (Fsp3) is 0.500. The highest BCUT2D eigenvalue weighted by Gasteiger charge is 2.38. The van der Waals surface area contributed by atoms with Gasteiger partial charge in [-0.1, -0.05) is 6.07 Å². The lowest BCUT2D eigenvalue weighted by molar-refractivity contribution is -0.192. The number of rotatable bonds is 6. The van der Waals surface area contributed by atoms with Gasteiger partial charge in [-0.2, -0.15) is 38.4 Å². The van der Waals surface area contributed by atoms with Crippen molar-refractivity contribution in [3.63, 3.8) is 0 Å². The molecule has 1 heterocycles. The monoisotopic (exact) mass is 342 g/mol. The summed E-state index contributed by atoms with van der Waals surface area (Å²) in [6, 6.07) is 4.06. The Labute approximate surface area is 132 Å². The normalized spacial score (nSPS) is 11.0. The molecule has 1 aromatic rings. The standard InChI is InChI=1S/C10H16N2S2.C2HF3O2/c13-6-4-12(5-7-14)9-10-2-1-3-11-8-10;3-2(4,5)1(6)7/h1-3,8,13-14H,4-7,9H2;(H,6,7). The second kappa shape index (κ2) is 10.7. The minimum Gasteiger partial charge on any atom is -0.475 e. The van der Waals surface area contributed by atoms with Gasteiger partial charge >= 0.3 is 12.1 Å². The van der Waals surface area contributed by atoms with E-state index in [4.69, 9.17) is 9.90 Å². The first-order valence-electron chi connectivity index (χ1n) is 5.94. The van der Waals surface area contributed by atoms with Crippen molar-refractivity contribution in [3.8, 4) is 0 Å². The molecule has 0 unspecified atom stereocenters. The minimum absolute atomic E-state index is 0.883. The number of hydrogen-bond acceptors (Lipinski definition) is 5. The zero-order valence-corrected chi connectivity index (χ0v) is 12.9. The maximum atomic E-state index is 10.6. The van der Waals surface area contributed by atoms with Crippen LogP contribution < -0.4 is 0 Å². The Bertz CT molecular complexity index is 399. The third-order valence-electron chi connectivity index (χ3n) is 2.20. The average Bonchev–Trinajstić information content (AvgIpc) is 2.40. The lowest BCUT2D eigenvalue weighted by atomic mass is 10.2. The van der Waals surface area contributed by atoms with Crippen molar-refractivity contribution in [2.75, 3.05) is 24.6 Å². The van der Waals surface area contributed by atoms with Crippen molar-refractivity contribution in [2.45, 2.75) is 12.7 Å². The SMILES string of the molecule is O=C(O)C(F)(F)F.SCCN(CCS)Cc1cccnc1. The number of nitrogens with zero attached hydrogens (tertiary/aromatic N) is 2. The predicted octanol–water partition coefficient (Wildman–Crippen LogP) is 2.38. The van der Waals surface area contributed by atoms with Gasteiger partial charge in [0.1, 0.15) is 0 Å². The quantitative estimate of drug-likeness (QED) is 0.695. The van der Waals surface area contributed by atoms with E-state index in [0.717, 1.165) is 31.1 Å². The van der Waals surface area contributed by atoms with Gasteiger partial charge in [0, 0.05) is 43.5 Å². The smallest absolute Gasteiger partial charge is 0.475 e. The highest BCUT2D eigenvalue weighted by Crippen LogP contribution is 2.13. The molecule has 0 bridgehead atoms. The molecular formula is C12H17F3N2O2S2. The van der Waals surface area contributed by atoms with E-state index in [1.807, 2.05) is 12.3 Å². The lowest BCUT2D eigenvalue weighted by Crippen LogP contribution is -2.27. The molecule has 1 N–H and O–H groups in total. The van der Waals surface area contributed by atoms with Crippen molar-refractivity contribution in [3.05, 3.63) is 30.1 Å². The topological polar surface area (TPSA) is 53.4 Å². The van der Waals surface area contributed by atoms with E-state index in [0.29, 0.717) is 0 Å². The number of carboxylic acids is 1. The summed E-state index contributed by atoms with van der Waals surface area (Å²) in [5.41, 5.74) is 1.25. The lowest BCUT2D eigenvalue weighted by Gasteiger charge is -2.20. The molecule has 0 saturated carbocycles. The Morgan fingerprint density at radius 2 is 1.81 bits per heavy atom. The molecule has 0 aliphatic carbocycles. The van der Waals surface area contributed by atoms with Crippen molar-refractivity contribution >= 4 is 31.2 Å². The zero-order chi connectivity index (χ0) is 16.3. The molecular weight excluding hydrogens is 325 g/mol. The van der Waals surface area contributed by atoms with Crippen molar-refractivity contribution in [1.29, 1.82) is 0 Å². The van der Waals surface area contributed by atoms with Crippen molar-refractivity contribution in [1.82, 2.24) is 9.88 Å². The molecule has 4 nitrogen and oxygen atoms in total. The van der Waals surface area contributed by atoms with E-state index < -0.39 is 12.1 Å². The molecule has 0 aliphatic rings. The molecule has 0 saturated heterocycles. The summed E-state index contributed by atoms with van der Waals surface area (Å²) < 4.78 is 31.7. The molecule has 9 heteroatoms. The highest BCUT2D eigenvalue weighted by atomic mass is 32.1. The summed E-state index contributed by atoms with van der Waals surface area (Å²) in [7, 11) is 0. The molecule has 0 aliphatic heterocycles. The number of thiol groups is 2. The van der Waals surface area contributed by atoms with Crippen LogP contribution in [-0.4, -0.2) is 51.7 Å². The van der Waals surface area contributed by atoms with Gasteiger partial charge in [0.15, 0.2) is 0 Å². The number of hydrogen-bond donors (Lipinski definition) is 3. The maximum absolute atomic E-state index is 10.6. The molecule has 0 aromatic carbocycles. The van der Waals surface area contributed by atoms with E-state index in [1.54, 1.807) is 6.20 Å². The molecule has 0 fully saturated rings. The van der Waals surface area contributed by atoms with Crippen LogP contribution in [0, 0.1) is 0 Å². The number of halogens is 3. The summed E-state index contributed by atoms with van der Waals surface area (Å²) in [5.74, 6) is -0.991. The fourth-order valence-corrected chi connectivity index (χ4v) is 1.87. The van der Waals surface area contributed by atoms with Crippen LogP contribution in [0.1, 0.15) is 5.56 Å². The first-order valence-corrected chi connectivity index (χ1v) is 7.20. The van der Waals surface area contributed by atoms with E-state index in [9.17, 15) is 13.2 Å². The van der Waals surface area contributed by atoms with Gasteiger partial charge in [0.25, 0.3) is 0 Å². The molecule has 1 rings (SSSR count). The van der Waals surface area contributed by atoms with E-state index in [2.05, 4.69) is 41.2 Å². The number of carboxylic acid groups (broad SMARTS) is 1. The predicted molar refractivity (Wildman–Crippen MR) is 80.9 cm³/mol. The first-order chi connectivity index (χ1) is 9.81. The summed E-state index contributed by atoms with van der Waals surface area (Å²) in [5, 5.41) is 7.12. The summed E-state index contributed by atoms with van der Waals surface area (Å²) in [6.07, 6.45) is -1.38. The van der Waals surface area contributed by atoms with E-state index >= 15 is 0 Å². The third kappa shape index (κ3) is 10.4. The minimum atomic E-state index is -5.08. The van der Waals surface area contributed by atoms with Crippen LogP contribution in [0.3, 0.4) is 0 Å². The molecule has 0 spiro atoms. The van der Waals surface area contributed by atoms with Crippen LogP contribution >= 0.6 is 25.3 Å². The molecule has 21 heavy (non-hydrogen) atoms. The van der Waals surface area contributed by atoms with Crippen LogP contribution in [0.25, 0.3) is 0 Å². The highest BCUT2D eigenvalue weighted by molar-refractivity contribution is 7.80. The number of aromatic nitrogens is 1. The third-order valence-corrected chi connectivity index (χ3v) is 2.60. The number of aliphatic carboxylic acids is 1. The molecule has 1 aromatic heterocycles. The van der Waals surface area contributed by atoms with Gasteiger partial charge in [-0.3, -0.25) is 9.88 Å². The fourth-order valence-electron chi connectivity index (χ4n) is 1.30. The Morgan fingerprint density at radius 1 is 1.29 bits per heavy atom. The van der Waals surface area contributed by atoms with Gasteiger partial charge in [0.05, 0.1) is 0 Å². The van der Waals surface area contributed by atoms with Crippen LogP contribution in [0.15, 0.2) is 24.5 Å². The Kier molecular flexibility index (Phi) is 10.3. The molecule has 0 amide bonds. The second-order valence-electron chi connectivity index (χ2n) is 3.89. The van der Waals surface area contributed by atoms with Crippen molar-refractivity contribution < 1.29 is 23.1 Å². The summed E-state index contributed by atoms with van der Waals surface area (Å²) in [4.78, 5) is 15.3. The number of alkyl halides is 3. The van der Waals surface area contributed by atoms with Crippen LogP contribution in [0.5, 0.6) is 0 Å². The molecule has 0 radical (unpaired) electrons. The van der Waals surface area contributed by atoms with Crippen LogP contribution in [-0.2, 0) is 11.3 Å². The summed E-state index contributed by atoms with van der Waals surface area (Å²) >= 11 is 8.47. The summed E-state index contributed by atoms with van der Waals surface area (Å²) in [6.45, 7) is 2.94. The van der Waals surface area contributed by atoms with Gasteiger partial charge < -0.3 is 5.11 Å². The largest absolute Gasteiger partial charge is 0.490 e. The second-order valence-corrected chi connectivity index (χ2v) is 4.78. The Balaban J connectivity index is 0.000000486. The molecule has 120 valence electrons. The van der Waals surface area contributed by atoms with Crippen molar-refractivity contribution in [2.24, 2.45) is 0 Å². The maximum Gasteiger partial charge on any atom is 0.490 e. The van der Waals surface area contributed by atoms with E-state index in [1.165, 1.54) is 5.56 Å². The Morgan fingerprint density at radius 3 is 2.14 bits per heavy atom. The number of carbonyl (C=O) groups is 1. The van der Waals surface area contributed by atoms with Gasteiger partial charge in [0.2, 0.25) is 0 Å². The zero-order valence-electron chi connectivity index (χ0n) is 11.1.